The maximum Gasteiger partial charge on any atom is 0.410 e. The minimum atomic E-state index is -0.436. The van der Waals surface area contributed by atoms with Gasteiger partial charge in [0.05, 0.1) is 12.7 Å². The lowest BCUT2D eigenvalue weighted by molar-refractivity contribution is -0.00316. The quantitative estimate of drug-likeness (QED) is 0.819. The number of thiophene rings is 1. The number of piperidine rings is 1. The predicted molar refractivity (Wildman–Crippen MR) is 89.2 cm³/mol. The van der Waals surface area contributed by atoms with Crippen LogP contribution in [0.4, 0.5) is 4.79 Å². The van der Waals surface area contributed by atoms with Crippen LogP contribution in [0.15, 0.2) is 17.5 Å². The number of carbonyl (C=O) groups is 1. The highest BCUT2D eigenvalue weighted by Gasteiger charge is 2.28. The van der Waals surface area contributed by atoms with Crippen LogP contribution in [0.2, 0.25) is 0 Å². The summed E-state index contributed by atoms with van der Waals surface area (Å²) in [5.41, 5.74) is -0.436. The summed E-state index contributed by atoms with van der Waals surface area (Å²) in [5.74, 6) is 0.392. The molecule has 0 saturated carbocycles. The van der Waals surface area contributed by atoms with Crippen LogP contribution < -0.4 is 0 Å². The Morgan fingerprint density at radius 3 is 2.91 bits per heavy atom. The summed E-state index contributed by atoms with van der Waals surface area (Å²) in [5, 5.41) is 2.07. The van der Waals surface area contributed by atoms with E-state index < -0.39 is 5.60 Å². The number of hydrogen-bond acceptors (Lipinski definition) is 4. The van der Waals surface area contributed by atoms with Gasteiger partial charge < -0.3 is 14.4 Å². The van der Waals surface area contributed by atoms with Crippen molar-refractivity contribution >= 4 is 17.4 Å². The fraction of sp³-hybridized carbons (Fsp3) is 0.706. The maximum absolute atomic E-state index is 12.1. The van der Waals surface area contributed by atoms with Crippen molar-refractivity contribution in [1.29, 1.82) is 0 Å². The molecule has 1 aromatic heterocycles. The first kappa shape index (κ1) is 17.3. The molecule has 0 aromatic carbocycles. The molecule has 1 aliphatic heterocycles. The van der Waals surface area contributed by atoms with Gasteiger partial charge in [-0.05, 0) is 52.0 Å². The van der Waals surface area contributed by atoms with Gasteiger partial charge in [0.1, 0.15) is 5.60 Å². The SMILES string of the molecule is C[C@H](OC[C@@H]1CCCN(C(=O)OC(C)(C)C)C1)c1cccs1. The van der Waals surface area contributed by atoms with Crippen molar-refractivity contribution in [3.8, 4) is 0 Å². The number of nitrogens with zero attached hydrogens (tertiary/aromatic N) is 1. The molecular formula is C17H27NO3S. The van der Waals surface area contributed by atoms with Gasteiger partial charge in [-0.3, -0.25) is 0 Å². The molecule has 0 spiro atoms. The van der Waals surface area contributed by atoms with Crippen molar-refractivity contribution in [3.63, 3.8) is 0 Å². The van der Waals surface area contributed by atoms with Gasteiger partial charge in [-0.25, -0.2) is 4.79 Å². The molecule has 2 atom stereocenters. The molecule has 0 radical (unpaired) electrons. The van der Waals surface area contributed by atoms with Crippen LogP contribution in [0.3, 0.4) is 0 Å². The van der Waals surface area contributed by atoms with Gasteiger partial charge in [0, 0.05) is 23.9 Å². The summed E-state index contributed by atoms with van der Waals surface area (Å²) in [7, 11) is 0. The fourth-order valence-corrected chi connectivity index (χ4v) is 3.31. The Balaban J connectivity index is 1.79. The van der Waals surface area contributed by atoms with Crippen molar-refractivity contribution in [2.45, 2.75) is 52.2 Å². The van der Waals surface area contributed by atoms with Crippen LogP contribution in [-0.4, -0.2) is 36.3 Å². The van der Waals surface area contributed by atoms with E-state index in [0.29, 0.717) is 12.5 Å². The standard InChI is InChI=1S/C17H27NO3S/c1-13(15-8-6-10-22-15)20-12-14-7-5-9-18(11-14)16(19)21-17(2,3)4/h6,8,10,13-14H,5,7,9,11-12H2,1-4H3/t13-,14+/m0/s1. The third-order valence-corrected chi connectivity index (χ3v) is 4.73. The van der Waals surface area contributed by atoms with Crippen molar-refractivity contribution in [2.75, 3.05) is 19.7 Å². The monoisotopic (exact) mass is 325 g/mol. The Hall–Kier alpha value is -1.07. The number of hydrogen-bond donors (Lipinski definition) is 0. The molecule has 0 N–H and O–H groups in total. The minimum Gasteiger partial charge on any atom is -0.444 e. The van der Waals surface area contributed by atoms with Crippen molar-refractivity contribution in [1.82, 2.24) is 4.90 Å². The second-order valence-electron chi connectivity index (χ2n) is 6.93. The Morgan fingerprint density at radius 1 is 1.50 bits per heavy atom. The molecule has 1 aromatic rings. The molecule has 4 nitrogen and oxygen atoms in total. The molecule has 2 rings (SSSR count). The van der Waals surface area contributed by atoms with Gasteiger partial charge in [-0.2, -0.15) is 0 Å². The Kier molecular flexibility index (Phi) is 5.87. The molecule has 22 heavy (non-hydrogen) atoms. The van der Waals surface area contributed by atoms with E-state index in [9.17, 15) is 4.79 Å². The Morgan fingerprint density at radius 2 is 2.27 bits per heavy atom. The van der Waals surface area contributed by atoms with E-state index >= 15 is 0 Å². The van der Waals surface area contributed by atoms with Crippen molar-refractivity contribution < 1.29 is 14.3 Å². The smallest absolute Gasteiger partial charge is 0.410 e. The number of ether oxygens (including phenoxy) is 2. The molecule has 1 amide bonds. The van der Waals surface area contributed by atoms with Crippen molar-refractivity contribution in [2.24, 2.45) is 5.92 Å². The van der Waals surface area contributed by atoms with E-state index in [1.165, 1.54) is 4.88 Å². The second-order valence-corrected chi connectivity index (χ2v) is 7.90. The van der Waals surface area contributed by atoms with Gasteiger partial charge in [0.15, 0.2) is 0 Å². The van der Waals surface area contributed by atoms with E-state index in [0.717, 1.165) is 25.9 Å². The normalized spacial score (nSPS) is 20.7. The van der Waals surface area contributed by atoms with Gasteiger partial charge in [0.2, 0.25) is 0 Å². The largest absolute Gasteiger partial charge is 0.444 e. The van der Waals surface area contributed by atoms with E-state index in [2.05, 4.69) is 18.4 Å². The minimum absolute atomic E-state index is 0.122. The van der Waals surface area contributed by atoms with Crippen LogP contribution in [0, 0.1) is 5.92 Å². The number of likely N-dealkylation sites (tertiary alicyclic amines) is 1. The summed E-state index contributed by atoms with van der Waals surface area (Å²) in [4.78, 5) is 15.2. The Bertz CT molecular complexity index is 467. The molecule has 124 valence electrons. The molecule has 0 aliphatic carbocycles. The van der Waals surface area contributed by atoms with Gasteiger partial charge in [-0.1, -0.05) is 6.07 Å². The maximum atomic E-state index is 12.1. The van der Waals surface area contributed by atoms with Crippen LogP contribution in [0.1, 0.15) is 51.5 Å². The zero-order valence-electron chi connectivity index (χ0n) is 14.0. The lowest BCUT2D eigenvalue weighted by Crippen LogP contribution is -2.43. The molecular weight excluding hydrogens is 298 g/mol. The van der Waals surface area contributed by atoms with Gasteiger partial charge in [0.25, 0.3) is 0 Å². The van der Waals surface area contributed by atoms with Crippen LogP contribution in [0.25, 0.3) is 0 Å². The zero-order chi connectivity index (χ0) is 16.2. The molecule has 2 heterocycles. The van der Waals surface area contributed by atoms with Crippen molar-refractivity contribution in [3.05, 3.63) is 22.4 Å². The van der Waals surface area contributed by atoms with E-state index in [1.54, 1.807) is 11.3 Å². The van der Waals surface area contributed by atoms with Crippen LogP contribution in [-0.2, 0) is 9.47 Å². The van der Waals surface area contributed by atoms with Gasteiger partial charge in [-0.15, -0.1) is 11.3 Å². The average Bonchev–Trinajstić information content (AvgIpc) is 2.97. The Labute approximate surface area is 137 Å². The van der Waals surface area contributed by atoms with E-state index in [1.807, 2.05) is 31.7 Å². The highest BCUT2D eigenvalue weighted by molar-refractivity contribution is 7.10. The highest BCUT2D eigenvalue weighted by Crippen LogP contribution is 2.25. The summed E-state index contributed by atoms with van der Waals surface area (Å²) in [6.07, 6.45) is 2.04. The molecule has 5 heteroatoms. The molecule has 1 aliphatic rings. The molecule has 1 fully saturated rings. The second kappa shape index (κ2) is 7.47. The summed E-state index contributed by atoms with van der Waals surface area (Å²) < 4.78 is 11.4. The molecule has 0 bridgehead atoms. The zero-order valence-corrected chi connectivity index (χ0v) is 14.8. The summed E-state index contributed by atoms with van der Waals surface area (Å²) >= 11 is 1.72. The first-order valence-electron chi connectivity index (χ1n) is 7.98. The topological polar surface area (TPSA) is 38.8 Å². The number of carbonyl (C=O) groups excluding carboxylic acids is 1. The summed E-state index contributed by atoms with van der Waals surface area (Å²) in [6, 6.07) is 4.15. The van der Waals surface area contributed by atoms with E-state index in [-0.39, 0.29) is 12.2 Å². The van der Waals surface area contributed by atoms with E-state index in [4.69, 9.17) is 9.47 Å². The first-order chi connectivity index (χ1) is 10.3. The first-order valence-corrected chi connectivity index (χ1v) is 8.86. The van der Waals surface area contributed by atoms with Gasteiger partial charge >= 0.3 is 6.09 Å². The predicted octanol–water partition coefficient (Wildman–Crippen LogP) is 4.47. The number of amides is 1. The lowest BCUT2D eigenvalue weighted by atomic mass is 9.99. The highest BCUT2D eigenvalue weighted by atomic mass is 32.1. The third-order valence-electron chi connectivity index (χ3n) is 3.70. The number of rotatable bonds is 4. The lowest BCUT2D eigenvalue weighted by Gasteiger charge is -2.34. The van der Waals surface area contributed by atoms with Crippen LogP contribution >= 0.6 is 11.3 Å². The fourth-order valence-electron chi connectivity index (χ4n) is 2.58. The third kappa shape index (κ3) is 5.29. The average molecular weight is 325 g/mol. The molecule has 1 saturated heterocycles. The summed E-state index contributed by atoms with van der Waals surface area (Å²) in [6.45, 7) is 9.99. The van der Waals surface area contributed by atoms with Crippen LogP contribution in [0.5, 0.6) is 0 Å². The molecule has 0 unspecified atom stereocenters.